The molecule has 3 amide bonds. The second-order valence-electron chi connectivity index (χ2n) is 5.76. The first-order valence-electron chi connectivity index (χ1n) is 8.02. The fourth-order valence-electron chi connectivity index (χ4n) is 2.79. The third kappa shape index (κ3) is 4.14. The van der Waals surface area contributed by atoms with E-state index in [0.29, 0.717) is 5.69 Å². The number of carbonyl (C=O) groups excluding carboxylic acids is 2. The van der Waals surface area contributed by atoms with Gasteiger partial charge in [0.25, 0.3) is 0 Å². The molecule has 0 fully saturated rings. The van der Waals surface area contributed by atoms with Gasteiger partial charge in [-0.25, -0.2) is 4.79 Å². The van der Waals surface area contributed by atoms with Crippen molar-refractivity contribution in [3.05, 3.63) is 78.4 Å². The summed E-state index contributed by atoms with van der Waals surface area (Å²) in [5.74, 6) is -0.473. The number of urea groups is 1. The number of anilines is 1. The van der Waals surface area contributed by atoms with Crippen LogP contribution in [0.3, 0.4) is 0 Å². The van der Waals surface area contributed by atoms with Gasteiger partial charge in [-0.05, 0) is 17.0 Å². The number of primary amides is 1. The van der Waals surface area contributed by atoms with Crippen molar-refractivity contribution in [2.75, 3.05) is 5.32 Å². The van der Waals surface area contributed by atoms with Gasteiger partial charge in [-0.15, -0.1) is 0 Å². The molecule has 0 radical (unpaired) electrons. The van der Waals surface area contributed by atoms with Crippen LogP contribution in [0.2, 0.25) is 0 Å². The first kappa shape index (κ1) is 16.5. The molecule has 5 nitrogen and oxygen atoms in total. The maximum absolute atomic E-state index is 12.4. The lowest BCUT2D eigenvalue weighted by atomic mass is 10.0. The van der Waals surface area contributed by atoms with Crippen molar-refractivity contribution in [3.8, 4) is 0 Å². The SMILES string of the molecule is NC(=O)CC(NC(=O)Nc1cccc2ccccc12)c1ccccc1. The lowest BCUT2D eigenvalue weighted by Gasteiger charge is -2.18. The van der Waals surface area contributed by atoms with E-state index in [9.17, 15) is 9.59 Å². The Morgan fingerprint density at radius 3 is 2.32 bits per heavy atom. The largest absolute Gasteiger partial charge is 0.370 e. The van der Waals surface area contributed by atoms with Gasteiger partial charge in [0.15, 0.2) is 0 Å². The van der Waals surface area contributed by atoms with Crippen LogP contribution in [0.4, 0.5) is 10.5 Å². The molecule has 0 saturated carbocycles. The van der Waals surface area contributed by atoms with Gasteiger partial charge >= 0.3 is 6.03 Å². The molecule has 0 aliphatic rings. The number of hydrogen-bond acceptors (Lipinski definition) is 2. The molecule has 0 spiro atoms. The maximum Gasteiger partial charge on any atom is 0.319 e. The Kier molecular flexibility index (Phi) is 4.95. The van der Waals surface area contributed by atoms with Crippen LogP contribution >= 0.6 is 0 Å². The van der Waals surface area contributed by atoms with Gasteiger partial charge in [0, 0.05) is 5.39 Å². The van der Waals surface area contributed by atoms with Crippen LogP contribution in [0.15, 0.2) is 72.8 Å². The minimum Gasteiger partial charge on any atom is -0.370 e. The average Bonchev–Trinajstić information content (AvgIpc) is 2.62. The summed E-state index contributed by atoms with van der Waals surface area (Å²) in [6, 6.07) is 21.9. The molecule has 5 heteroatoms. The van der Waals surface area contributed by atoms with E-state index < -0.39 is 11.9 Å². The highest BCUT2D eigenvalue weighted by molar-refractivity contribution is 6.01. The van der Waals surface area contributed by atoms with Crippen LogP contribution < -0.4 is 16.4 Å². The number of amides is 3. The summed E-state index contributed by atoms with van der Waals surface area (Å²) in [7, 11) is 0. The van der Waals surface area contributed by atoms with Crippen LogP contribution in [0.1, 0.15) is 18.0 Å². The molecule has 3 aromatic rings. The molecular formula is C20H19N3O2. The van der Waals surface area contributed by atoms with Gasteiger partial charge in [0.05, 0.1) is 18.2 Å². The minimum absolute atomic E-state index is 0.0347. The van der Waals surface area contributed by atoms with E-state index in [4.69, 9.17) is 5.73 Å². The Morgan fingerprint density at radius 2 is 1.56 bits per heavy atom. The highest BCUT2D eigenvalue weighted by atomic mass is 16.2. The molecule has 0 aromatic heterocycles. The summed E-state index contributed by atoms with van der Waals surface area (Å²) in [5, 5.41) is 7.67. The zero-order chi connectivity index (χ0) is 17.6. The highest BCUT2D eigenvalue weighted by Gasteiger charge is 2.17. The summed E-state index contributed by atoms with van der Waals surface area (Å²) in [6.45, 7) is 0. The van der Waals surface area contributed by atoms with Crippen LogP contribution in [0, 0.1) is 0 Å². The number of hydrogen-bond donors (Lipinski definition) is 3. The predicted octanol–water partition coefficient (Wildman–Crippen LogP) is 3.58. The molecular weight excluding hydrogens is 314 g/mol. The third-order valence-corrected chi connectivity index (χ3v) is 3.95. The molecule has 0 aliphatic heterocycles. The number of nitrogens with one attached hydrogen (secondary N) is 2. The van der Waals surface area contributed by atoms with E-state index in [2.05, 4.69) is 10.6 Å². The molecule has 3 aromatic carbocycles. The van der Waals surface area contributed by atoms with Crippen molar-refractivity contribution in [2.45, 2.75) is 12.5 Å². The monoisotopic (exact) mass is 333 g/mol. The zero-order valence-electron chi connectivity index (χ0n) is 13.6. The fourth-order valence-corrected chi connectivity index (χ4v) is 2.79. The van der Waals surface area contributed by atoms with Gasteiger partial charge in [-0.3, -0.25) is 4.79 Å². The molecule has 0 saturated heterocycles. The third-order valence-electron chi connectivity index (χ3n) is 3.95. The molecule has 1 unspecified atom stereocenters. The van der Waals surface area contributed by atoms with Crippen molar-refractivity contribution in [3.63, 3.8) is 0 Å². The van der Waals surface area contributed by atoms with Gasteiger partial charge in [0.1, 0.15) is 0 Å². The van der Waals surface area contributed by atoms with E-state index >= 15 is 0 Å². The van der Waals surface area contributed by atoms with E-state index in [1.165, 1.54) is 0 Å². The summed E-state index contributed by atoms with van der Waals surface area (Å²) in [4.78, 5) is 23.8. The van der Waals surface area contributed by atoms with Gasteiger partial charge in [-0.1, -0.05) is 66.7 Å². The van der Waals surface area contributed by atoms with Gasteiger partial charge < -0.3 is 16.4 Å². The van der Waals surface area contributed by atoms with Crippen molar-refractivity contribution in [2.24, 2.45) is 5.73 Å². The van der Waals surface area contributed by atoms with E-state index in [1.54, 1.807) is 0 Å². The van der Waals surface area contributed by atoms with Crippen LogP contribution in [0.5, 0.6) is 0 Å². The van der Waals surface area contributed by atoms with Gasteiger partial charge in [-0.2, -0.15) is 0 Å². The number of benzene rings is 3. The quantitative estimate of drug-likeness (QED) is 0.667. The summed E-state index contributed by atoms with van der Waals surface area (Å²) >= 11 is 0. The molecule has 4 N–H and O–H groups in total. The predicted molar refractivity (Wildman–Crippen MR) is 99.1 cm³/mol. The highest BCUT2D eigenvalue weighted by Crippen LogP contribution is 2.23. The Morgan fingerprint density at radius 1 is 0.880 bits per heavy atom. The van der Waals surface area contributed by atoms with E-state index in [1.807, 2.05) is 72.8 Å². The standard InChI is InChI=1S/C20H19N3O2/c21-19(24)13-18(15-8-2-1-3-9-15)23-20(25)22-17-12-6-10-14-7-4-5-11-16(14)17/h1-12,18H,13H2,(H2,21,24)(H2,22,23,25). The van der Waals surface area contributed by atoms with Crippen molar-refractivity contribution in [1.82, 2.24) is 5.32 Å². The average molecular weight is 333 g/mol. The number of nitrogens with two attached hydrogens (primary N) is 1. The fraction of sp³-hybridized carbons (Fsp3) is 0.100. The Labute approximate surface area is 145 Å². The van der Waals surface area contributed by atoms with Crippen LogP contribution in [-0.4, -0.2) is 11.9 Å². The lowest BCUT2D eigenvalue weighted by Crippen LogP contribution is -2.34. The second kappa shape index (κ2) is 7.49. The van der Waals surface area contributed by atoms with Crippen LogP contribution in [0.25, 0.3) is 10.8 Å². The summed E-state index contributed by atoms with van der Waals surface area (Å²) < 4.78 is 0. The van der Waals surface area contributed by atoms with E-state index in [-0.39, 0.29) is 12.5 Å². The summed E-state index contributed by atoms with van der Waals surface area (Å²) in [6.07, 6.45) is 0.0347. The van der Waals surface area contributed by atoms with Crippen LogP contribution in [-0.2, 0) is 4.79 Å². The second-order valence-corrected chi connectivity index (χ2v) is 5.76. The van der Waals surface area contributed by atoms with Crippen molar-refractivity contribution in [1.29, 1.82) is 0 Å². The van der Waals surface area contributed by atoms with Crippen molar-refractivity contribution < 1.29 is 9.59 Å². The molecule has 126 valence electrons. The first-order valence-corrected chi connectivity index (χ1v) is 8.02. The molecule has 1 atom stereocenters. The molecule has 3 rings (SSSR count). The van der Waals surface area contributed by atoms with E-state index in [0.717, 1.165) is 16.3 Å². The first-order chi connectivity index (χ1) is 12.1. The smallest absolute Gasteiger partial charge is 0.319 e. The summed E-state index contributed by atoms with van der Waals surface area (Å²) in [5.41, 5.74) is 6.86. The zero-order valence-corrected chi connectivity index (χ0v) is 13.6. The van der Waals surface area contributed by atoms with Crippen molar-refractivity contribution >= 4 is 28.4 Å². The molecule has 0 heterocycles. The molecule has 0 aliphatic carbocycles. The number of carbonyl (C=O) groups is 2. The molecule has 25 heavy (non-hydrogen) atoms. The number of rotatable bonds is 5. The number of fused-ring (bicyclic) bond motifs is 1. The Balaban J connectivity index is 1.78. The normalized spacial score (nSPS) is 11.7. The topological polar surface area (TPSA) is 84.2 Å². The Bertz CT molecular complexity index is 888. The maximum atomic E-state index is 12.4. The Hall–Kier alpha value is -3.34. The molecule has 0 bridgehead atoms. The lowest BCUT2D eigenvalue weighted by molar-refractivity contribution is -0.118. The minimum atomic E-state index is -0.478. The van der Waals surface area contributed by atoms with Gasteiger partial charge in [0.2, 0.25) is 5.91 Å².